The Labute approximate surface area is 74.6 Å². The van der Waals surface area contributed by atoms with Crippen LogP contribution in [0.3, 0.4) is 0 Å². The van der Waals surface area contributed by atoms with Crippen molar-refractivity contribution in [1.29, 1.82) is 0 Å². The van der Waals surface area contributed by atoms with Crippen LogP contribution in [0.15, 0.2) is 24.5 Å². The molecule has 0 radical (unpaired) electrons. The van der Waals surface area contributed by atoms with E-state index in [4.69, 9.17) is 5.11 Å². The lowest BCUT2D eigenvalue weighted by Gasteiger charge is -2.16. The van der Waals surface area contributed by atoms with Crippen molar-refractivity contribution in [2.75, 3.05) is 5.12 Å². The fourth-order valence-corrected chi connectivity index (χ4v) is 0.801. The largest absolute Gasteiger partial charge is 0.480 e. The Bertz CT molecular complexity index is 291. The third-order valence-corrected chi connectivity index (χ3v) is 1.59. The number of carboxylic acid groups (broad SMARTS) is 1. The first kappa shape index (κ1) is 9.44. The number of aromatic nitrogens is 1. The fraction of sp³-hybridized carbons (Fsp3) is 0.250. The molecule has 0 aliphatic heterocycles. The van der Waals surface area contributed by atoms with Gasteiger partial charge in [-0.2, -0.15) is 5.12 Å². The van der Waals surface area contributed by atoms with E-state index in [1.807, 2.05) is 0 Å². The molecule has 1 rings (SSSR count). The summed E-state index contributed by atoms with van der Waals surface area (Å²) in [6.07, 6.45) is 2.75. The van der Waals surface area contributed by atoms with Crippen LogP contribution in [0.1, 0.15) is 6.92 Å². The molecule has 13 heavy (non-hydrogen) atoms. The van der Waals surface area contributed by atoms with Gasteiger partial charge >= 0.3 is 5.97 Å². The van der Waals surface area contributed by atoms with E-state index in [9.17, 15) is 9.28 Å². The monoisotopic (exact) mass is 184 g/mol. The van der Waals surface area contributed by atoms with E-state index < -0.39 is 12.0 Å². The number of nitrogens with zero attached hydrogens (tertiary/aromatic N) is 2. The first-order valence-electron chi connectivity index (χ1n) is 3.71. The van der Waals surface area contributed by atoms with Gasteiger partial charge in [0.2, 0.25) is 0 Å². The van der Waals surface area contributed by atoms with Crippen LogP contribution in [0, 0.1) is 0 Å². The SMILES string of the molecule is C[C@@H](C(=O)O)N(F)c1cccnc1. The zero-order valence-electron chi connectivity index (χ0n) is 7.01. The number of aliphatic carboxylic acids is 1. The number of hydrogen-bond donors (Lipinski definition) is 1. The number of anilines is 1. The van der Waals surface area contributed by atoms with Gasteiger partial charge in [-0.3, -0.25) is 4.98 Å². The summed E-state index contributed by atoms with van der Waals surface area (Å²) in [5.74, 6) is -1.22. The van der Waals surface area contributed by atoms with Gasteiger partial charge in [-0.25, -0.2) is 4.79 Å². The summed E-state index contributed by atoms with van der Waals surface area (Å²) in [6, 6.07) is 1.78. The second kappa shape index (κ2) is 3.84. The summed E-state index contributed by atoms with van der Waals surface area (Å²) < 4.78 is 13.2. The molecule has 0 saturated heterocycles. The Morgan fingerprint density at radius 2 is 2.46 bits per heavy atom. The van der Waals surface area contributed by atoms with Crippen LogP contribution in [-0.4, -0.2) is 22.1 Å². The van der Waals surface area contributed by atoms with Gasteiger partial charge in [0.15, 0.2) is 6.04 Å². The standard InChI is InChI=1S/C8H9FN2O2/c1-6(8(12)13)11(9)7-3-2-4-10-5-7/h2-6H,1H3,(H,12,13)/t6-/m0/s1. The van der Waals surface area contributed by atoms with Crippen LogP contribution >= 0.6 is 0 Å². The number of pyridine rings is 1. The molecule has 1 heterocycles. The van der Waals surface area contributed by atoms with Crippen molar-refractivity contribution in [3.8, 4) is 0 Å². The zero-order chi connectivity index (χ0) is 9.84. The summed E-state index contributed by atoms with van der Waals surface area (Å²) in [4.78, 5) is 14.1. The maximum absolute atomic E-state index is 13.2. The molecule has 0 bridgehead atoms. The molecule has 1 aromatic heterocycles. The smallest absolute Gasteiger partial charge is 0.328 e. The molecule has 0 aliphatic carbocycles. The Balaban J connectivity index is 2.79. The van der Waals surface area contributed by atoms with Crippen LogP contribution in [0.25, 0.3) is 0 Å². The van der Waals surface area contributed by atoms with Gasteiger partial charge in [0.25, 0.3) is 0 Å². The molecule has 1 N–H and O–H groups in total. The number of hydrogen-bond acceptors (Lipinski definition) is 3. The molecule has 0 aliphatic rings. The zero-order valence-corrected chi connectivity index (χ0v) is 7.01. The van der Waals surface area contributed by atoms with Gasteiger partial charge in [0, 0.05) is 6.20 Å². The molecular weight excluding hydrogens is 175 g/mol. The summed E-state index contributed by atoms with van der Waals surface area (Å²) >= 11 is 0. The molecule has 0 fully saturated rings. The number of rotatable bonds is 3. The van der Waals surface area contributed by atoms with Gasteiger partial charge in [-0.15, -0.1) is 0 Å². The second-order valence-corrected chi connectivity index (χ2v) is 2.54. The topological polar surface area (TPSA) is 53.4 Å². The maximum atomic E-state index is 13.2. The number of halogens is 1. The highest BCUT2D eigenvalue weighted by Crippen LogP contribution is 2.15. The van der Waals surface area contributed by atoms with Gasteiger partial charge < -0.3 is 5.11 Å². The van der Waals surface area contributed by atoms with E-state index >= 15 is 0 Å². The normalized spacial score (nSPS) is 12.2. The van der Waals surface area contributed by atoms with Crippen LogP contribution < -0.4 is 5.12 Å². The van der Waals surface area contributed by atoms with Crippen LogP contribution in [0.5, 0.6) is 0 Å². The number of carbonyl (C=O) groups is 1. The van der Waals surface area contributed by atoms with Gasteiger partial charge in [0.1, 0.15) is 0 Å². The summed E-state index contributed by atoms with van der Waals surface area (Å²) in [5.41, 5.74) is 0.136. The van der Waals surface area contributed by atoms with E-state index in [1.165, 1.54) is 31.5 Å². The summed E-state index contributed by atoms with van der Waals surface area (Å²) in [7, 11) is 0. The molecule has 4 nitrogen and oxygen atoms in total. The highest BCUT2D eigenvalue weighted by molar-refractivity contribution is 5.76. The third-order valence-electron chi connectivity index (χ3n) is 1.59. The highest BCUT2D eigenvalue weighted by atomic mass is 19.2. The minimum absolute atomic E-state index is 0.136. The summed E-state index contributed by atoms with van der Waals surface area (Å²) in [6.45, 7) is 1.26. The maximum Gasteiger partial charge on any atom is 0.328 e. The summed E-state index contributed by atoms with van der Waals surface area (Å²) in [5, 5.41) is 8.67. The Morgan fingerprint density at radius 1 is 1.77 bits per heavy atom. The second-order valence-electron chi connectivity index (χ2n) is 2.54. The minimum Gasteiger partial charge on any atom is -0.480 e. The lowest BCUT2D eigenvalue weighted by atomic mass is 10.3. The molecule has 0 aromatic carbocycles. The minimum atomic E-state index is -1.22. The molecule has 5 heteroatoms. The Morgan fingerprint density at radius 3 is 2.92 bits per heavy atom. The molecular formula is C8H9FN2O2. The Kier molecular flexibility index (Phi) is 2.79. The molecule has 1 atom stereocenters. The van der Waals surface area contributed by atoms with Crippen LogP contribution in [0.2, 0.25) is 0 Å². The van der Waals surface area contributed by atoms with Crippen molar-refractivity contribution >= 4 is 11.7 Å². The predicted octanol–water partition coefficient (Wildman–Crippen LogP) is 1.25. The van der Waals surface area contributed by atoms with Crippen molar-refractivity contribution in [3.05, 3.63) is 24.5 Å². The van der Waals surface area contributed by atoms with Crippen LogP contribution in [-0.2, 0) is 4.79 Å². The molecule has 70 valence electrons. The molecule has 0 saturated carbocycles. The first-order valence-corrected chi connectivity index (χ1v) is 3.71. The van der Waals surface area contributed by atoms with E-state index in [2.05, 4.69) is 4.98 Å². The average Bonchev–Trinajstić information content (AvgIpc) is 2.17. The van der Waals surface area contributed by atoms with E-state index in [0.717, 1.165) is 0 Å². The third kappa shape index (κ3) is 2.14. The van der Waals surface area contributed by atoms with Crippen molar-refractivity contribution in [1.82, 2.24) is 4.98 Å². The van der Waals surface area contributed by atoms with Gasteiger partial charge in [0.05, 0.1) is 11.9 Å². The average molecular weight is 184 g/mol. The molecule has 1 aromatic rings. The Hall–Kier alpha value is -1.65. The molecule has 0 amide bonds. The van der Waals surface area contributed by atoms with E-state index in [-0.39, 0.29) is 10.8 Å². The van der Waals surface area contributed by atoms with Gasteiger partial charge in [-0.1, -0.05) is 4.48 Å². The van der Waals surface area contributed by atoms with E-state index in [0.29, 0.717) is 0 Å². The molecule has 0 spiro atoms. The lowest BCUT2D eigenvalue weighted by Crippen LogP contribution is -2.32. The molecule has 0 unspecified atom stereocenters. The van der Waals surface area contributed by atoms with Crippen molar-refractivity contribution in [2.24, 2.45) is 0 Å². The van der Waals surface area contributed by atoms with E-state index in [1.54, 1.807) is 0 Å². The first-order chi connectivity index (χ1) is 6.13. The van der Waals surface area contributed by atoms with Crippen molar-refractivity contribution in [3.63, 3.8) is 0 Å². The fourth-order valence-electron chi connectivity index (χ4n) is 0.801. The van der Waals surface area contributed by atoms with Crippen molar-refractivity contribution in [2.45, 2.75) is 13.0 Å². The predicted molar refractivity (Wildman–Crippen MR) is 44.9 cm³/mol. The quantitative estimate of drug-likeness (QED) is 0.718. The number of carboxylic acids is 1. The van der Waals surface area contributed by atoms with Gasteiger partial charge in [-0.05, 0) is 19.1 Å². The van der Waals surface area contributed by atoms with Crippen LogP contribution in [0.4, 0.5) is 10.2 Å². The lowest BCUT2D eigenvalue weighted by molar-refractivity contribution is -0.138. The van der Waals surface area contributed by atoms with Crippen molar-refractivity contribution < 1.29 is 14.4 Å². The highest BCUT2D eigenvalue weighted by Gasteiger charge is 2.20.